The molecule has 0 saturated carbocycles. The van der Waals surface area contributed by atoms with Gasteiger partial charge in [-0.2, -0.15) is 4.31 Å². The number of piperidine rings is 1. The Morgan fingerprint density at radius 1 is 1.09 bits per heavy atom. The lowest BCUT2D eigenvalue weighted by molar-refractivity contribution is -0.126. The number of esters is 1. The first-order valence-corrected chi connectivity index (χ1v) is 12.4. The fraction of sp³-hybridized carbons (Fsp3) is 0.391. The van der Waals surface area contributed by atoms with Gasteiger partial charge in [0.15, 0.2) is 6.10 Å². The van der Waals surface area contributed by atoms with Gasteiger partial charge in [0.05, 0.1) is 10.6 Å². The van der Waals surface area contributed by atoms with Crippen LogP contribution < -0.4 is 4.90 Å². The normalized spacial score (nSPS) is 15.7. The van der Waals surface area contributed by atoms with Crippen molar-refractivity contribution in [3.63, 3.8) is 0 Å². The number of sulfonamides is 1. The highest BCUT2D eigenvalue weighted by Crippen LogP contribution is 2.28. The first-order valence-electron chi connectivity index (χ1n) is 10.6. The molecule has 0 aliphatic carbocycles. The molecule has 1 heterocycles. The molecule has 9 heteroatoms. The van der Waals surface area contributed by atoms with E-state index in [1.54, 1.807) is 12.1 Å². The van der Waals surface area contributed by atoms with Gasteiger partial charge in [-0.25, -0.2) is 13.2 Å². The van der Waals surface area contributed by atoms with Gasteiger partial charge in [-0.05, 0) is 57.0 Å². The molecule has 0 N–H and O–H groups in total. The molecular formula is C23H27ClN2O5S. The highest BCUT2D eigenvalue weighted by molar-refractivity contribution is 7.89. The molecule has 172 valence electrons. The van der Waals surface area contributed by atoms with Crippen molar-refractivity contribution in [1.29, 1.82) is 0 Å². The van der Waals surface area contributed by atoms with Gasteiger partial charge in [-0.1, -0.05) is 36.2 Å². The van der Waals surface area contributed by atoms with Gasteiger partial charge in [0.1, 0.15) is 4.90 Å². The summed E-state index contributed by atoms with van der Waals surface area (Å²) in [7, 11) is -3.83. The van der Waals surface area contributed by atoms with Gasteiger partial charge in [0, 0.05) is 25.3 Å². The third-order valence-electron chi connectivity index (χ3n) is 5.38. The summed E-state index contributed by atoms with van der Waals surface area (Å²) in [6.45, 7) is 4.57. The SMILES string of the molecule is CCN(C(=O)[C@H](C)OC(=O)c1ccc(Cl)c(S(=O)(=O)N2CCCCC2)c1)c1ccccc1. The second-order valence-corrected chi connectivity index (χ2v) is 9.89. The molecule has 0 spiro atoms. The van der Waals surface area contributed by atoms with Crippen LogP contribution in [-0.4, -0.2) is 50.3 Å². The maximum Gasteiger partial charge on any atom is 0.338 e. The van der Waals surface area contributed by atoms with Crippen LogP contribution in [0.2, 0.25) is 5.02 Å². The largest absolute Gasteiger partial charge is 0.449 e. The van der Waals surface area contributed by atoms with Crippen molar-refractivity contribution in [1.82, 2.24) is 4.31 Å². The smallest absolute Gasteiger partial charge is 0.338 e. The van der Waals surface area contributed by atoms with E-state index in [1.165, 1.54) is 34.3 Å². The van der Waals surface area contributed by atoms with Crippen LogP contribution in [0.3, 0.4) is 0 Å². The molecule has 1 atom stereocenters. The zero-order chi connectivity index (χ0) is 23.3. The molecule has 1 aliphatic heterocycles. The summed E-state index contributed by atoms with van der Waals surface area (Å²) >= 11 is 6.17. The number of hydrogen-bond donors (Lipinski definition) is 0. The van der Waals surface area contributed by atoms with E-state index >= 15 is 0 Å². The van der Waals surface area contributed by atoms with Gasteiger partial charge >= 0.3 is 5.97 Å². The molecule has 32 heavy (non-hydrogen) atoms. The topological polar surface area (TPSA) is 84.0 Å². The lowest BCUT2D eigenvalue weighted by Gasteiger charge is -2.26. The van der Waals surface area contributed by atoms with Crippen LogP contribution >= 0.6 is 11.6 Å². The van der Waals surface area contributed by atoms with Crippen LogP contribution in [0.25, 0.3) is 0 Å². The molecule has 2 aromatic carbocycles. The Morgan fingerprint density at radius 3 is 2.38 bits per heavy atom. The van der Waals surface area contributed by atoms with E-state index in [4.69, 9.17) is 16.3 Å². The molecule has 7 nitrogen and oxygen atoms in total. The van der Waals surface area contributed by atoms with Crippen molar-refractivity contribution in [3.8, 4) is 0 Å². The molecule has 1 fully saturated rings. The van der Waals surface area contributed by atoms with Crippen LogP contribution in [0.15, 0.2) is 53.4 Å². The molecule has 0 bridgehead atoms. The molecule has 1 saturated heterocycles. The number of carbonyl (C=O) groups excluding carboxylic acids is 2. The zero-order valence-electron chi connectivity index (χ0n) is 18.2. The highest BCUT2D eigenvalue weighted by atomic mass is 35.5. The Balaban J connectivity index is 1.78. The minimum absolute atomic E-state index is 0.0207. The number of ether oxygens (including phenoxy) is 1. The Hall–Kier alpha value is -2.42. The van der Waals surface area contributed by atoms with Gasteiger partial charge in [-0.15, -0.1) is 0 Å². The van der Waals surface area contributed by atoms with Gasteiger partial charge in [-0.3, -0.25) is 4.79 Å². The first kappa shape index (κ1) is 24.2. The average molecular weight is 479 g/mol. The fourth-order valence-electron chi connectivity index (χ4n) is 3.64. The van der Waals surface area contributed by atoms with Crippen LogP contribution in [0, 0.1) is 0 Å². The lowest BCUT2D eigenvalue weighted by atomic mass is 10.2. The van der Waals surface area contributed by atoms with E-state index in [-0.39, 0.29) is 21.4 Å². The van der Waals surface area contributed by atoms with Crippen molar-refractivity contribution in [3.05, 3.63) is 59.1 Å². The summed E-state index contributed by atoms with van der Waals surface area (Å²) < 4.78 is 32.8. The van der Waals surface area contributed by atoms with E-state index in [0.29, 0.717) is 25.3 Å². The molecule has 0 unspecified atom stereocenters. The number of anilines is 1. The molecule has 0 aromatic heterocycles. The van der Waals surface area contributed by atoms with Gasteiger partial charge < -0.3 is 9.64 Å². The van der Waals surface area contributed by atoms with E-state index in [9.17, 15) is 18.0 Å². The van der Waals surface area contributed by atoms with Crippen molar-refractivity contribution in [2.24, 2.45) is 0 Å². The van der Waals surface area contributed by atoms with E-state index in [0.717, 1.165) is 19.3 Å². The minimum atomic E-state index is -3.83. The van der Waals surface area contributed by atoms with Crippen LogP contribution in [0.4, 0.5) is 5.69 Å². The van der Waals surface area contributed by atoms with E-state index in [1.807, 2.05) is 25.1 Å². The van der Waals surface area contributed by atoms with Crippen LogP contribution in [-0.2, 0) is 19.6 Å². The number of rotatable bonds is 7. The predicted octanol–water partition coefficient (Wildman–Crippen LogP) is 4.11. The number of carbonyl (C=O) groups is 2. The molecular weight excluding hydrogens is 452 g/mol. The molecule has 1 aliphatic rings. The second kappa shape index (κ2) is 10.5. The lowest BCUT2D eigenvalue weighted by Crippen LogP contribution is -2.40. The van der Waals surface area contributed by atoms with Crippen molar-refractivity contribution < 1.29 is 22.7 Å². The maximum absolute atomic E-state index is 13.0. The monoisotopic (exact) mass is 478 g/mol. The number of hydrogen-bond acceptors (Lipinski definition) is 5. The first-order chi connectivity index (χ1) is 15.3. The number of benzene rings is 2. The summed E-state index contributed by atoms with van der Waals surface area (Å²) in [6, 6.07) is 13.1. The number of para-hydroxylation sites is 1. The maximum atomic E-state index is 13.0. The third-order valence-corrected chi connectivity index (χ3v) is 7.76. The zero-order valence-corrected chi connectivity index (χ0v) is 19.7. The Kier molecular flexibility index (Phi) is 7.92. The Morgan fingerprint density at radius 2 is 1.75 bits per heavy atom. The van der Waals surface area contributed by atoms with Gasteiger partial charge in [0.2, 0.25) is 10.0 Å². The standard InChI is InChI=1S/C23H27ClN2O5S/c1-3-26(19-10-6-4-7-11-19)22(27)17(2)31-23(28)18-12-13-20(24)21(16-18)32(29,30)25-14-8-5-9-15-25/h4,6-7,10-13,16-17H,3,5,8-9,14-15H2,1-2H3/t17-/m0/s1. The quantitative estimate of drug-likeness (QED) is 0.559. The van der Waals surface area contributed by atoms with Crippen LogP contribution in [0.5, 0.6) is 0 Å². The minimum Gasteiger partial charge on any atom is -0.449 e. The molecule has 3 rings (SSSR count). The summed E-state index contributed by atoms with van der Waals surface area (Å²) in [6.07, 6.45) is 1.50. The summed E-state index contributed by atoms with van der Waals surface area (Å²) in [5.41, 5.74) is 0.719. The molecule has 0 radical (unpaired) electrons. The number of likely N-dealkylation sites (N-methyl/N-ethyl adjacent to an activating group) is 1. The summed E-state index contributed by atoms with van der Waals surface area (Å²) in [4.78, 5) is 27.0. The molecule has 1 amide bonds. The Bertz CT molecular complexity index is 1070. The fourth-order valence-corrected chi connectivity index (χ4v) is 5.66. The van der Waals surface area contributed by atoms with Crippen molar-refractivity contribution in [2.45, 2.75) is 44.1 Å². The average Bonchev–Trinajstić information content (AvgIpc) is 2.80. The van der Waals surface area contributed by atoms with Crippen LogP contribution in [0.1, 0.15) is 43.5 Å². The molecule has 2 aromatic rings. The number of halogens is 1. The van der Waals surface area contributed by atoms with E-state index in [2.05, 4.69) is 0 Å². The summed E-state index contributed by atoms with van der Waals surface area (Å²) in [5, 5.41) is 0.0393. The van der Waals surface area contributed by atoms with E-state index < -0.39 is 22.1 Å². The Labute approximate surface area is 194 Å². The number of nitrogens with zero attached hydrogens (tertiary/aromatic N) is 2. The third kappa shape index (κ3) is 5.31. The van der Waals surface area contributed by atoms with Gasteiger partial charge in [0.25, 0.3) is 5.91 Å². The highest BCUT2D eigenvalue weighted by Gasteiger charge is 2.30. The van der Waals surface area contributed by atoms with Crippen molar-refractivity contribution in [2.75, 3.05) is 24.5 Å². The summed E-state index contributed by atoms with van der Waals surface area (Å²) in [5.74, 6) is -1.16. The number of amides is 1. The predicted molar refractivity (Wildman–Crippen MR) is 123 cm³/mol. The second-order valence-electron chi connectivity index (χ2n) is 7.58. The van der Waals surface area contributed by atoms with Crippen molar-refractivity contribution >= 4 is 39.2 Å².